The summed E-state index contributed by atoms with van der Waals surface area (Å²) < 4.78 is 5.52. The van der Waals surface area contributed by atoms with Gasteiger partial charge in [0.05, 0.1) is 11.4 Å². The summed E-state index contributed by atoms with van der Waals surface area (Å²) in [4.78, 5) is 13.4. The number of hydrogen-bond donors (Lipinski definition) is 1. The summed E-state index contributed by atoms with van der Waals surface area (Å²) in [6, 6.07) is 6.43. The molecule has 2 aliphatic rings. The first-order valence-corrected chi connectivity index (χ1v) is 7.76. The van der Waals surface area contributed by atoms with Gasteiger partial charge in [-0.15, -0.1) is 11.8 Å². The van der Waals surface area contributed by atoms with Gasteiger partial charge in [0.25, 0.3) is 0 Å². The molecule has 1 saturated heterocycles. The minimum atomic E-state index is 0.0261. The van der Waals surface area contributed by atoms with E-state index >= 15 is 0 Å². The van der Waals surface area contributed by atoms with Crippen molar-refractivity contribution >= 4 is 17.7 Å². The first-order chi connectivity index (χ1) is 9.22. The lowest BCUT2D eigenvalue weighted by Crippen LogP contribution is -2.37. The summed E-state index contributed by atoms with van der Waals surface area (Å²) in [7, 11) is 0. The Balaban J connectivity index is 1.55. The Hall–Kier alpha value is -1.00. The Morgan fingerprint density at radius 2 is 2.42 bits per heavy atom. The van der Waals surface area contributed by atoms with Crippen molar-refractivity contribution in [3.05, 3.63) is 29.3 Å². The standard InChI is InChI=1S/C15H19NO2S/c1-10-4-5-11-8-14(19-13(11)7-10)15(17)16-9-12-3-2-6-18-12/h4-5,7,12,14H,2-3,6,8-9H2,1H3,(H,16,17)/t12-,14+/m1/s1. The van der Waals surface area contributed by atoms with E-state index in [9.17, 15) is 4.79 Å². The van der Waals surface area contributed by atoms with E-state index in [0.29, 0.717) is 6.54 Å². The molecule has 2 aliphatic heterocycles. The third-order valence-corrected chi connectivity index (χ3v) is 5.02. The van der Waals surface area contributed by atoms with Gasteiger partial charge in [0.15, 0.2) is 0 Å². The van der Waals surface area contributed by atoms with E-state index in [4.69, 9.17) is 4.74 Å². The van der Waals surface area contributed by atoms with Crippen LogP contribution in [0.15, 0.2) is 23.1 Å². The molecule has 1 aromatic carbocycles. The van der Waals surface area contributed by atoms with Crippen LogP contribution in [0, 0.1) is 6.92 Å². The second kappa shape index (κ2) is 5.55. The van der Waals surface area contributed by atoms with Crippen molar-refractivity contribution < 1.29 is 9.53 Å². The molecule has 0 bridgehead atoms. The average Bonchev–Trinajstić information content (AvgIpc) is 3.04. The highest BCUT2D eigenvalue weighted by Crippen LogP contribution is 2.37. The fraction of sp³-hybridized carbons (Fsp3) is 0.533. The van der Waals surface area contributed by atoms with Crippen molar-refractivity contribution in [2.45, 2.75) is 42.4 Å². The van der Waals surface area contributed by atoms with Gasteiger partial charge in [0, 0.05) is 18.0 Å². The van der Waals surface area contributed by atoms with Crippen LogP contribution in [0.5, 0.6) is 0 Å². The number of carbonyl (C=O) groups excluding carboxylic acids is 1. The molecule has 0 unspecified atom stereocenters. The van der Waals surface area contributed by atoms with E-state index in [-0.39, 0.29) is 17.3 Å². The quantitative estimate of drug-likeness (QED) is 0.921. The molecule has 4 heteroatoms. The first-order valence-electron chi connectivity index (χ1n) is 6.88. The minimum absolute atomic E-state index is 0.0261. The number of hydrogen-bond acceptors (Lipinski definition) is 3. The largest absolute Gasteiger partial charge is 0.376 e. The van der Waals surface area contributed by atoms with Gasteiger partial charge >= 0.3 is 0 Å². The summed E-state index contributed by atoms with van der Waals surface area (Å²) in [6.07, 6.45) is 3.25. The summed E-state index contributed by atoms with van der Waals surface area (Å²) in [5, 5.41) is 3.06. The average molecular weight is 277 g/mol. The van der Waals surface area contributed by atoms with Crippen molar-refractivity contribution in [3.8, 4) is 0 Å². The number of nitrogens with one attached hydrogen (secondary N) is 1. The third kappa shape index (κ3) is 2.95. The number of ether oxygens (including phenoxy) is 1. The fourth-order valence-electron chi connectivity index (χ4n) is 2.61. The topological polar surface area (TPSA) is 38.3 Å². The Labute approximate surface area is 118 Å². The number of amides is 1. The summed E-state index contributed by atoms with van der Waals surface area (Å²) in [5.74, 6) is 0.148. The van der Waals surface area contributed by atoms with E-state index in [2.05, 4.69) is 30.4 Å². The molecule has 3 rings (SSSR count). The number of thioether (sulfide) groups is 1. The van der Waals surface area contributed by atoms with Crippen LogP contribution in [0.3, 0.4) is 0 Å². The highest BCUT2D eigenvalue weighted by molar-refractivity contribution is 8.01. The Morgan fingerprint density at radius 3 is 3.21 bits per heavy atom. The molecule has 2 atom stereocenters. The summed E-state index contributed by atoms with van der Waals surface area (Å²) in [5.41, 5.74) is 2.56. The molecule has 0 saturated carbocycles. The third-order valence-electron chi connectivity index (χ3n) is 3.72. The maximum atomic E-state index is 12.2. The van der Waals surface area contributed by atoms with E-state index < -0.39 is 0 Å². The van der Waals surface area contributed by atoms with Gasteiger partial charge in [-0.1, -0.05) is 17.7 Å². The highest BCUT2D eigenvalue weighted by atomic mass is 32.2. The Bertz CT molecular complexity index is 483. The van der Waals surface area contributed by atoms with E-state index in [1.165, 1.54) is 16.0 Å². The molecule has 19 heavy (non-hydrogen) atoms. The lowest BCUT2D eigenvalue weighted by molar-refractivity contribution is -0.121. The van der Waals surface area contributed by atoms with Crippen LogP contribution in [-0.4, -0.2) is 30.4 Å². The SMILES string of the molecule is Cc1ccc2c(c1)S[C@H](C(=O)NC[C@H]1CCCO1)C2. The molecule has 1 amide bonds. The first kappa shape index (κ1) is 13.0. The van der Waals surface area contributed by atoms with Gasteiger partial charge in [0.1, 0.15) is 0 Å². The van der Waals surface area contributed by atoms with Gasteiger partial charge < -0.3 is 10.1 Å². The summed E-state index contributed by atoms with van der Waals surface area (Å²) in [6.45, 7) is 3.58. The number of carbonyl (C=O) groups is 1. The number of benzene rings is 1. The zero-order chi connectivity index (χ0) is 13.2. The van der Waals surface area contributed by atoms with Crippen molar-refractivity contribution in [2.75, 3.05) is 13.2 Å². The zero-order valence-electron chi connectivity index (χ0n) is 11.1. The lowest BCUT2D eigenvalue weighted by Gasteiger charge is -2.13. The van der Waals surface area contributed by atoms with Crippen LogP contribution in [0.1, 0.15) is 24.0 Å². The normalized spacial score (nSPS) is 25.3. The van der Waals surface area contributed by atoms with Crippen molar-refractivity contribution in [3.63, 3.8) is 0 Å². The molecule has 3 nitrogen and oxygen atoms in total. The molecule has 0 aromatic heterocycles. The number of aryl methyl sites for hydroxylation is 1. The van der Waals surface area contributed by atoms with Crippen molar-refractivity contribution in [1.29, 1.82) is 0 Å². The van der Waals surface area contributed by atoms with Crippen LogP contribution >= 0.6 is 11.8 Å². The van der Waals surface area contributed by atoms with E-state index in [0.717, 1.165) is 25.9 Å². The van der Waals surface area contributed by atoms with Crippen molar-refractivity contribution in [2.24, 2.45) is 0 Å². The van der Waals surface area contributed by atoms with Crippen LogP contribution < -0.4 is 5.32 Å². The highest BCUT2D eigenvalue weighted by Gasteiger charge is 2.28. The van der Waals surface area contributed by atoms with Gasteiger partial charge in [-0.05, 0) is 37.8 Å². The monoisotopic (exact) mass is 277 g/mol. The van der Waals surface area contributed by atoms with Crippen molar-refractivity contribution in [1.82, 2.24) is 5.32 Å². The maximum absolute atomic E-state index is 12.2. The molecule has 1 N–H and O–H groups in total. The van der Waals surface area contributed by atoms with Gasteiger partial charge in [-0.2, -0.15) is 0 Å². The fourth-order valence-corrected chi connectivity index (χ4v) is 3.93. The van der Waals surface area contributed by atoms with Crippen LogP contribution in [0.25, 0.3) is 0 Å². The maximum Gasteiger partial charge on any atom is 0.233 e. The molecular weight excluding hydrogens is 258 g/mol. The second-order valence-electron chi connectivity index (χ2n) is 5.30. The molecule has 0 radical (unpaired) electrons. The molecule has 1 fully saturated rings. The van der Waals surface area contributed by atoms with E-state index in [1.807, 2.05) is 0 Å². The Kier molecular flexibility index (Phi) is 3.80. The Morgan fingerprint density at radius 1 is 1.53 bits per heavy atom. The molecule has 2 heterocycles. The van der Waals surface area contributed by atoms with Crippen LogP contribution in [0.2, 0.25) is 0 Å². The minimum Gasteiger partial charge on any atom is -0.376 e. The molecule has 0 spiro atoms. The lowest BCUT2D eigenvalue weighted by atomic mass is 10.1. The predicted molar refractivity (Wildman–Crippen MR) is 76.5 cm³/mol. The smallest absolute Gasteiger partial charge is 0.233 e. The number of fused-ring (bicyclic) bond motifs is 1. The second-order valence-corrected chi connectivity index (χ2v) is 6.55. The van der Waals surface area contributed by atoms with Gasteiger partial charge in [-0.25, -0.2) is 0 Å². The summed E-state index contributed by atoms with van der Waals surface area (Å²) >= 11 is 1.69. The number of rotatable bonds is 3. The molecular formula is C15H19NO2S. The van der Waals surface area contributed by atoms with Gasteiger partial charge in [0.2, 0.25) is 5.91 Å². The van der Waals surface area contributed by atoms with Crippen LogP contribution in [-0.2, 0) is 16.0 Å². The molecule has 1 aromatic rings. The zero-order valence-corrected chi connectivity index (χ0v) is 12.0. The molecule has 102 valence electrons. The van der Waals surface area contributed by atoms with Gasteiger partial charge in [-0.3, -0.25) is 4.79 Å². The van der Waals surface area contributed by atoms with E-state index in [1.54, 1.807) is 11.8 Å². The molecule has 0 aliphatic carbocycles. The van der Waals surface area contributed by atoms with Crippen LogP contribution in [0.4, 0.5) is 0 Å². The predicted octanol–water partition coefficient (Wildman–Crippen LogP) is 2.31.